The van der Waals surface area contributed by atoms with Gasteiger partial charge in [-0.15, -0.1) is 0 Å². The topological polar surface area (TPSA) is 59.5 Å². The second-order valence-corrected chi connectivity index (χ2v) is 6.74. The van der Waals surface area contributed by atoms with Gasteiger partial charge in [-0.3, -0.25) is 9.78 Å². The van der Waals surface area contributed by atoms with Crippen molar-refractivity contribution < 1.29 is 14.3 Å². The molecule has 0 aliphatic carbocycles. The molecule has 1 aliphatic heterocycles. The third-order valence-electron chi connectivity index (χ3n) is 4.85. The van der Waals surface area contributed by atoms with E-state index >= 15 is 0 Å². The molecule has 0 radical (unpaired) electrons. The molecule has 0 saturated heterocycles. The Hall–Kier alpha value is -3.21. The molecule has 4 rings (SSSR count). The summed E-state index contributed by atoms with van der Waals surface area (Å²) in [6.07, 6.45) is -0.0487. The third kappa shape index (κ3) is 3.16. The largest absolute Gasteiger partial charge is 0.449 e. The molecule has 5 heteroatoms. The van der Waals surface area contributed by atoms with E-state index in [0.29, 0.717) is 12.1 Å². The number of benzene rings is 2. The number of esters is 1. The lowest BCUT2D eigenvalue weighted by molar-refractivity contribution is -0.126. The van der Waals surface area contributed by atoms with E-state index in [-0.39, 0.29) is 5.91 Å². The van der Waals surface area contributed by atoms with Crippen LogP contribution in [-0.2, 0) is 16.0 Å². The predicted octanol–water partition coefficient (Wildman–Crippen LogP) is 3.68. The number of fused-ring (bicyclic) bond motifs is 2. The van der Waals surface area contributed by atoms with Gasteiger partial charge >= 0.3 is 5.97 Å². The first kappa shape index (κ1) is 17.2. The van der Waals surface area contributed by atoms with Crippen LogP contribution in [0.5, 0.6) is 0 Å². The van der Waals surface area contributed by atoms with Crippen LogP contribution in [0.1, 0.15) is 28.5 Å². The van der Waals surface area contributed by atoms with Crippen molar-refractivity contribution in [3.63, 3.8) is 0 Å². The zero-order chi connectivity index (χ0) is 19.0. The Balaban J connectivity index is 1.56. The number of ether oxygens (including phenoxy) is 1. The van der Waals surface area contributed by atoms with E-state index in [2.05, 4.69) is 4.98 Å². The maximum absolute atomic E-state index is 12.8. The molecule has 2 heterocycles. The summed E-state index contributed by atoms with van der Waals surface area (Å²) < 4.78 is 5.53. The van der Waals surface area contributed by atoms with Gasteiger partial charge in [-0.2, -0.15) is 0 Å². The number of para-hydroxylation sites is 2. The van der Waals surface area contributed by atoms with Gasteiger partial charge in [-0.05, 0) is 44.0 Å². The average Bonchev–Trinajstić information content (AvgIpc) is 3.10. The number of hydrogen-bond acceptors (Lipinski definition) is 4. The Morgan fingerprint density at radius 2 is 1.85 bits per heavy atom. The van der Waals surface area contributed by atoms with Gasteiger partial charge in [0.05, 0.1) is 11.1 Å². The summed E-state index contributed by atoms with van der Waals surface area (Å²) in [4.78, 5) is 31.7. The minimum Gasteiger partial charge on any atom is -0.449 e. The number of amides is 1. The van der Waals surface area contributed by atoms with Crippen LogP contribution >= 0.6 is 0 Å². The molecule has 1 aliphatic rings. The Morgan fingerprint density at radius 3 is 2.70 bits per heavy atom. The Labute approximate surface area is 157 Å². The second kappa shape index (κ2) is 6.83. The number of carbonyl (C=O) groups excluding carboxylic acids is 2. The van der Waals surface area contributed by atoms with Gasteiger partial charge in [0, 0.05) is 23.3 Å². The van der Waals surface area contributed by atoms with Gasteiger partial charge in [0.25, 0.3) is 5.91 Å². The summed E-state index contributed by atoms with van der Waals surface area (Å²) in [7, 11) is 0. The molecule has 136 valence electrons. The van der Waals surface area contributed by atoms with Crippen LogP contribution in [-0.4, -0.2) is 29.5 Å². The van der Waals surface area contributed by atoms with Gasteiger partial charge < -0.3 is 9.64 Å². The van der Waals surface area contributed by atoms with Crippen LogP contribution in [0.2, 0.25) is 0 Å². The SMILES string of the molecule is Cc1cc(C(=O)OC(C)C(=O)N2CCc3ccccc32)c2ccccc2n1. The zero-order valence-corrected chi connectivity index (χ0v) is 15.3. The quantitative estimate of drug-likeness (QED) is 0.669. The smallest absolute Gasteiger partial charge is 0.339 e. The molecule has 27 heavy (non-hydrogen) atoms. The number of anilines is 1. The summed E-state index contributed by atoms with van der Waals surface area (Å²) in [5, 5.41) is 0.722. The predicted molar refractivity (Wildman–Crippen MR) is 104 cm³/mol. The summed E-state index contributed by atoms with van der Waals surface area (Å²) in [5.74, 6) is -0.714. The minimum atomic E-state index is -0.865. The standard InChI is InChI=1S/C22H20N2O3/c1-14-13-18(17-8-4-5-9-19(17)23-14)22(26)27-15(2)21(25)24-12-11-16-7-3-6-10-20(16)24/h3-10,13,15H,11-12H2,1-2H3. The molecular weight excluding hydrogens is 340 g/mol. The van der Waals surface area contributed by atoms with E-state index < -0.39 is 12.1 Å². The monoisotopic (exact) mass is 360 g/mol. The summed E-state index contributed by atoms with van der Waals surface area (Å²) >= 11 is 0. The number of pyridine rings is 1. The van der Waals surface area contributed by atoms with Gasteiger partial charge in [-0.25, -0.2) is 4.79 Å². The average molecular weight is 360 g/mol. The number of hydrogen-bond donors (Lipinski definition) is 0. The molecular formula is C22H20N2O3. The number of carbonyl (C=O) groups is 2. The van der Waals surface area contributed by atoms with Crippen LogP contribution in [0.25, 0.3) is 10.9 Å². The minimum absolute atomic E-state index is 0.205. The molecule has 1 amide bonds. The highest BCUT2D eigenvalue weighted by Crippen LogP contribution is 2.28. The van der Waals surface area contributed by atoms with E-state index in [1.165, 1.54) is 0 Å². The molecule has 2 aromatic carbocycles. The summed E-state index contributed by atoms with van der Waals surface area (Å²) in [5.41, 5.74) is 3.93. The van der Waals surface area contributed by atoms with Crippen molar-refractivity contribution in [3.05, 3.63) is 71.4 Å². The molecule has 0 fully saturated rings. The first-order valence-electron chi connectivity index (χ1n) is 9.01. The van der Waals surface area contributed by atoms with Gasteiger partial charge in [0.1, 0.15) is 0 Å². The Morgan fingerprint density at radius 1 is 1.11 bits per heavy atom. The second-order valence-electron chi connectivity index (χ2n) is 6.74. The van der Waals surface area contributed by atoms with E-state index in [0.717, 1.165) is 34.3 Å². The number of aryl methyl sites for hydroxylation is 1. The van der Waals surface area contributed by atoms with Gasteiger partial charge in [0.2, 0.25) is 0 Å². The summed E-state index contributed by atoms with van der Waals surface area (Å²) in [6, 6.07) is 16.9. The van der Waals surface area contributed by atoms with Crippen LogP contribution in [0.3, 0.4) is 0 Å². The fraction of sp³-hybridized carbons (Fsp3) is 0.227. The van der Waals surface area contributed by atoms with E-state index in [9.17, 15) is 9.59 Å². The molecule has 1 aromatic heterocycles. The lowest BCUT2D eigenvalue weighted by Gasteiger charge is -2.22. The number of aromatic nitrogens is 1. The highest BCUT2D eigenvalue weighted by atomic mass is 16.5. The molecule has 3 aromatic rings. The normalized spacial score (nSPS) is 14.1. The lowest BCUT2D eigenvalue weighted by atomic mass is 10.1. The van der Waals surface area contributed by atoms with Crippen molar-refractivity contribution >= 4 is 28.5 Å². The third-order valence-corrected chi connectivity index (χ3v) is 4.85. The number of rotatable bonds is 3. The Bertz CT molecular complexity index is 1040. The van der Waals surface area contributed by atoms with Crippen LogP contribution < -0.4 is 4.90 Å². The van der Waals surface area contributed by atoms with Gasteiger partial charge in [-0.1, -0.05) is 36.4 Å². The molecule has 1 atom stereocenters. The summed E-state index contributed by atoms with van der Waals surface area (Å²) in [6.45, 7) is 4.06. The zero-order valence-electron chi connectivity index (χ0n) is 15.3. The van der Waals surface area contributed by atoms with E-state index in [1.54, 1.807) is 17.9 Å². The first-order chi connectivity index (χ1) is 13.0. The van der Waals surface area contributed by atoms with Crippen molar-refractivity contribution in [1.29, 1.82) is 0 Å². The lowest BCUT2D eigenvalue weighted by Crippen LogP contribution is -2.39. The van der Waals surface area contributed by atoms with Crippen molar-refractivity contribution in [2.45, 2.75) is 26.4 Å². The van der Waals surface area contributed by atoms with Crippen LogP contribution in [0.4, 0.5) is 5.69 Å². The van der Waals surface area contributed by atoms with Crippen molar-refractivity contribution in [1.82, 2.24) is 4.98 Å². The van der Waals surface area contributed by atoms with Crippen molar-refractivity contribution in [2.24, 2.45) is 0 Å². The van der Waals surface area contributed by atoms with Crippen molar-refractivity contribution in [2.75, 3.05) is 11.4 Å². The fourth-order valence-electron chi connectivity index (χ4n) is 3.54. The number of nitrogens with zero attached hydrogens (tertiary/aromatic N) is 2. The maximum atomic E-state index is 12.8. The first-order valence-corrected chi connectivity index (χ1v) is 9.01. The maximum Gasteiger partial charge on any atom is 0.339 e. The molecule has 1 unspecified atom stereocenters. The highest BCUT2D eigenvalue weighted by Gasteiger charge is 2.30. The van der Waals surface area contributed by atoms with E-state index in [4.69, 9.17) is 4.74 Å². The molecule has 0 N–H and O–H groups in total. The molecule has 0 saturated carbocycles. The Kier molecular flexibility index (Phi) is 4.36. The van der Waals surface area contributed by atoms with E-state index in [1.807, 2.05) is 55.5 Å². The van der Waals surface area contributed by atoms with Gasteiger partial charge in [0.15, 0.2) is 6.10 Å². The van der Waals surface area contributed by atoms with Crippen LogP contribution in [0.15, 0.2) is 54.6 Å². The highest BCUT2D eigenvalue weighted by molar-refractivity contribution is 6.05. The molecule has 5 nitrogen and oxygen atoms in total. The molecule has 0 bridgehead atoms. The fourth-order valence-corrected chi connectivity index (χ4v) is 3.54. The van der Waals surface area contributed by atoms with Crippen LogP contribution in [0, 0.1) is 6.92 Å². The molecule has 0 spiro atoms. The van der Waals surface area contributed by atoms with Crippen molar-refractivity contribution in [3.8, 4) is 0 Å².